The van der Waals surface area contributed by atoms with Crippen LogP contribution in [-0.4, -0.2) is 50.7 Å². The maximum absolute atomic E-state index is 11.5. The minimum absolute atomic E-state index is 0.0708. The molecule has 1 saturated heterocycles. The van der Waals surface area contributed by atoms with Gasteiger partial charge in [0.15, 0.2) is 0 Å². The summed E-state index contributed by atoms with van der Waals surface area (Å²) in [7, 11) is 1.97. The smallest absolute Gasteiger partial charge is 0.320 e. The molecule has 1 N–H and O–H groups in total. The monoisotopic (exact) mass is 228 g/mol. The molecule has 1 rings (SSSR count). The Balaban J connectivity index is 2.11. The highest BCUT2D eigenvalue weighted by Gasteiger charge is 2.23. The lowest BCUT2D eigenvalue weighted by Gasteiger charge is -2.14. The molecule has 1 fully saturated rings. The lowest BCUT2D eigenvalue weighted by atomic mass is 10.1. The van der Waals surface area contributed by atoms with E-state index in [1.54, 1.807) is 0 Å². The number of hydrogen-bond acceptors (Lipinski definition) is 4. The first-order chi connectivity index (χ1) is 7.76. The zero-order chi connectivity index (χ0) is 11.8. The molecule has 1 heterocycles. The quantitative estimate of drug-likeness (QED) is 0.518. The Bertz CT molecular complexity index is 209. The molecule has 0 aromatic rings. The molecule has 0 spiro atoms. The van der Waals surface area contributed by atoms with E-state index in [-0.39, 0.29) is 5.97 Å². The molecule has 1 unspecified atom stereocenters. The molecule has 0 saturated carbocycles. The van der Waals surface area contributed by atoms with Crippen molar-refractivity contribution in [2.75, 3.05) is 39.8 Å². The maximum Gasteiger partial charge on any atom is 0.320 e. The van der Waals surface area contributed by atoms with Gasteiger partial charge in [-0.25, -0.2) is 0 Å². The Labute approximate surface area is 98.3 Å². The van der Waals surface area contributed by atoms with Gasteiger partial charge in [0.1, 0.15) is 0 Å². The van der Waals surface area contributed by atoms with Gasteiger partial charge in [-0.2, -0.15) is 0 Å². The molecule has 1 atom stereocenters. The van der Waals surface area contributed by atoms with Crippen LogP contribution < -0.4 is 5.32 Å². The fourth-order valence-electron chi connectivity index (χ4n) is 2.07. The van der Waals surface area contributed by atoms with E-state index in [2.05, 4.69) is 17.1 Å². The molecule has 1 aliphatic heterocycles. The number of likely N-dealkylation sites (tertiary alicyclic amines) is 1. The van der Waals surface area contributed by atoms with E-state index in [0.29, 0.717) is 19.1 Å². The van der Waals surface area contributed by atoms with Crippen molar-refractivity contribution < 1.29 is 9.53 Å². The number of carbonyl (C=O) groups excluding carboxylic acids is 1. The molecule has 0 radical (unpaired) electrons. The molecule has 1 aliphatic rings. The van der Waals surface area contributed by atoms with Crippen LogP contribution >= 0.6 is 0 Å². The van der Waals surface area contributed by atoms with Gasteiger partial charge in [-0.1, -0.05) is 13.3 Å². The van der Waals surface area contributed by atoms with Gasteiger partial charge < -0.3 is 10.1 Å². The number of carbonyl (C=O) groups is 1. The number of esters is 1. The van der Waals surface area contributed by atoms with E-state index < -0.39 is 0 Å². The number of rotatable bonds is 7. The third-order valence-corrected chi connectivity index (χ3v) is 2.98. The van der Waals surface area contributed by atoms with Crippen LogP contribution in [-0.2, 0) is 9.53 Å². The Hall–Kier alpha value is -0.610. The molecule has 4 heteroatoms. The van der Waals surface area contributed by atoms with Crippen LogP contribution in [0.25, 0.3) is 0 Å². The SMILES string of the molecule is CCCCOC(=O)CN1CCC(CNC)C1. The standard InChI is InChI=1S/C12H24N2O2/c1-3-4-7-16-12(15)10-14-6-5-11(9-14)8-13-2/h11,13H,3-10H2,1-2H3. The molecule has 0 aromatic heterocycles. The fourth-order valence-corrected chi connectivity index (χ4v) is 2.07. The second-order valence-corrected chi connectivity index (χ2v) is 4.52. The normalized spacial score (nSPS) is 21.2. The highest BCUT2D eigenvalue weighted by Crippen LogP contribution is 2.14. The van der Waals surface area contributed by atoms with Gasteiger partial charge in [-0.05, 0) is 38.9 Å². The molecule has 94 valence electrons. The highest BCUT2D eigenvalue weighted by molar-refractivity contribution is 5.71. The maximum atomic E-state index is 11.5. The first kappa shape index (κ1) is 13.5. The van der Waals surface area contributed by atoms with Crippen LogP contribution in [0.15, 0.2) is 0 Å². The first-order valence-electron chi connectivity index (χ1n) is 6.28. The zero-order valence-electron chi connectivity index (χ0n) is 10.5. The number of nitrogens with zero attached hydrogens (tertiary/aromatic N) is 1. The molecular formula is C12H24N2O2. The fraction of sp³-hybridized carbons (Fsp3) is 0.917. The Morgan fingerprint density at radius 1 is 1.56 bits per heavy atom. The average molecular weight is 228 g/mol. The second kappa shape index (κ2) is 7.63. The minimum atomic E-state index is -0.0708. The molecule has 0 aliphatic carbocycles. The van der Waals surface area contributed by atoms with Crippen molar-refractivity contribution in [1.82, 2.24) is 10.2 Å². The van der Waals surface area contributed by atoms with Crippen molar-refractivity contribution in [2.24, 2.45) is 5.92 Å². The van der Waals surface area contributed by atoms with Crippen molar-refractivity contribution in [2.45, 2.75) is 26.2 Å². The molecule has 16 heavy (non-hydrogen) atoms. The van der Waals surface area contributed by atoms with Gasteiger partial charge in [0.25, 0.3) is 0 Å². The number of unbranched alkanes of at least 4 members (excludes halogenated alkanes) is 1. The van der Waals surface area contributed by atoms with Gasteiger partial charge >= 0.3 is 5.97 Å². The summed E-state index contributed by atoms with van der Waals surface area (Å²) in [6.07, 6.45) is 3.22. The predicted octanol–water partition coefficient (Wildman–Crippen LogP) is 0.871. The summed E-state index contributed by atoms with van der Waals surface area (Å²) in [6, 6.07) is 0. The van der Waals surface area contributed by atoms with E-state index in [9.17, 15) is 4.79 Å². The molecule has 4 nitrogen and oxygen atoms in total. The third kappa shape index (κ3) is 4.94. The summed E-state index contributed by atoms with van der Waals surface area (Å²) in [4.78, 5) is 13.6. The molecular weight excluding hydrogens is 204 g/mol. The van der Waals surface area contributed by atoms with Gasteiger partial charge in [0.05, 0.1) is 13.2 Å². The van der Waals surface area contributed by atoms with Gasteiger partial charge in [0.2, 0.25) is 0 Å². The largest absolute Gasteiger partial charge is 0.465 e. The number of ether oxygens (including phenoxy) is 1. The van der Waals surface area contributed by atoms with Crippen molar-refractivity contribution in [3.05, 3.63) is 0 Å². The third-order valence-electron chi connectivity index (χ3n) is 2.98. The van der Waals surface area contributed by atoms with Gasteiger partial charge in [0, 0.05) is 6.54 Å². The van der Waals surface area contributed by atoms with E-state index in [0.717, 1.165) is 32.5 Å². The summed E-state index contributed by atoms with van der Waals surface area (Å²) in [5.41, 5.74) is 0. The minimum Gasteiger partial charge on any atom is -0.465 e. The zero-order valence-corrected chi connectivity index (χ0v) is 10.5. The van der Waals surface area contributed by atoms with Crippen LogP contribution in [0.5, 0.6) is 0 Å². The molecule has 0 bridgehead atoms. The lowest BCUT2D eigenvalue weighted by molar-refractivity contribution is -0.144. The van der Waals surface area contributed by atoms with Gasteiger partial charge in [-0.3, -0.25) is 9.69 Å². The van der Waals surface area contributed by atoms with Gasteiger partial charge in [-0.15, -0.1) is 0 Å². The Morgan fingerprint density at radius 2 is 2.38 bits per heavy atom. The number of hydrogen-bond donors (Lipinski definition) is 1. The first-order valence-corrected chi connectivity index (χ1v) is 6.28. The second-order valence-electron chi connectivity index (χ2n) is 4.52. The van der Waals surface area contributed by atoms with Crippen molar-refractivity contribution in [1.29, 1.82) is 0 Å². The van der Waals surface area contributed by atoms with Crippen LogP contribution in [0.1, 0.15) is 26.2 Å². The van der Waals surface area contributed by atoms with E-state index in [1.165, 1.54) is 6.42 Å². The highest BCUT2D eigenvalue weighted by atomic mass is 16.5. The average Bonchev–Trinajstić information content (AvgIpc) is 2.66. The predicted molar refractivity (Wildman–Crippen MR) is 64.3 cm³/mol. The van der Waals surface area contributed by atoms with E-state index in [4.69, 9.17) is 4.74 Å². The summed E-state index contributed by atoms with van der Waals surface area (Å²) < 4.78 is 5.14. The molecule has 0 amide bonds. The Morgan fingerprint density at radius 3 is 3.06 bits per heavy atom. The summed E-state index contributed by atoms with van der Waals surface area (Å²) >= 11 is 0. The lowest BCUT2D eigenvalue weighted by Crippen LogP contribution is -2.30. The van der Waals surface area contributed by atoms with Crippen LogP contribution in [0.4, 0.5) is 0 Å². The van der Waals surface area contributed by atoms with E-state index >= 15 is 0 Å². The van der Waals surface area contributed by atoms with Crippen molar-refractivity contribution >= 4 is 5.97 Å². The summed E-state index contributed by atoms with van der Waals surface area (Å²) in [5, 5.41) is 3.18. The van der Waals surface area contributed by atoms with Crippen molar-refractivity contribution in [3.63, 3.8) is 0 Å². The number of nitrogens with one attached hydrogen (secondary N) is 1. The Kier molecular flexibility index (Phi) is 6.42. The molecule has 0 aromatic carbocycles. The topological polar surface area (TPSA) is 41.6 Å². The summed E-state index contributed by atoms with van der Waals surface area (Å²) in [5.74, 6) is 0.618. The van der Waals surface area contributed by atoms with E-state index in [1.807, 2.05) is 7.05 Å². The van der Waals surface area contributed by atoms with Crippen LogP contribution in [0.3, 0.4) is 0 Å². The van der Waals surface area contributed by atoms with Crippen LogP contribution in [0, 0.1) is 5.92 Å². The van der Waals surface area contributed by atoms with Crippen LogP contribution in [0.2, 0.25) is 0 Å². The summed E-state index contributed by atoms with van der Waals surface area (Å²) in [6.45, 7) is 6.21. The van der Waals surface area contributed by atoms with Crippen molar-refractivity contribution in [3.8, 4) is 0 Å².